The van der Waals surface area contributed by atoms with Gasteiger partial charge in [0.1, 0.15) is 15.7 Å². The summed E-state index contributed by atoms with van der Waals surface area (Å²) in [6.45, 7) is 4.06. The maximum Gasteiger partial charge on any atom is 0.276 e. The van der Waals surface area contributed by atoms with Crippen molar-refractivity contribution in [3.63, 3.8) is 0 Å². The lowest BCUT2D eigenvalue weighted by molar-refractivity contribution is 0.102. The number of hydrogen-bond acceptors (Lipinski definition) is 8. The molecule has 3 aromatic rings. The van der Waals surface area contributed by atoms with Gasteiger partial charge in [-0.3, -0.25) is 10.1 Å². The average molecular weight is 390 g/mol. The summed E-state index contributed by atoms with van der Waals surface area (Å²) in [5.74, 6) is 1.22. The van der Waals surface area contributed by atoms with Gasteiger partial charge in [0.15, 0.2) is 11.5 Å². The number of methoxy groups -OCH3 is 2. The van der Waals surface area contributed by atoms with Gasteiger partial charge in [-0.2, -0.15) is 0 Å². The third kappa shape index (κ3) is 3.83. The summed E-state index contributed by atoms with van der Waals surface area (Å²) in [6.07, 6.45) is 0. The van der Waals surface area contributed by atoms with Crippen molar-refractivity contribution in [3.8, 4) is 22.1 Å². The van der Waals surface area contributed by atoms with Gasteiger partial charge < -0.3 is 9.47 Å². The predicted octanol–water partition coefficient (Wildman–Crippen LogP) is 4.05. The fraction of sp³-hybridized carbons (Fsp3) is 0.294. The van der Waals surface area contributed by atoms with Crippen molar-refractivity contribution in [2.75, 3.05) is 19.5 Å². The molecule has 0 atom stereocenters. The summed E-state index contributed by atoms with van der Waals surface area (Å²) in [6, 6.07) is 5.52. The standard InChI is InChI=1S/C17H18N4O3S2/c1-9(2)15-20-21-17(26-15)19-14(22)11-8-25-16(18-11)10-5-6-12(23-3)13(7-10)24-4/h5-9H,1-4H3,(H,19,21,22). The van der Waals surface area contributed by atoms with Crippen LogP contribution in [0.4, 0.5) is 5.13 Å². The molecule has 1 amide bonds. The van der Waals surface area contributed by atoms with Crippen molar-refractivity contribution >= 4 is 33.7 Å². The van der Waals surface area contributed by atoms with Gasteiger partial charge >= 0.3 is 0 Å². The lowest BCUT2D eigenvalue weighted by atomic mass is 10.2. The first-order valence-corrected chi connectivity index (χ1v) is 9.54. The molecule has 0 bridgehead atoms. The Morgan fingerprint density at radius 3 is 2.58 bits per heavy atom. The summed E-state index contributed by atoms with van der Waals surface area (Å²) >= 11 is 2.75. The van der Waals surface area contributed by atoms with Gasteiger partial charge in [-0.1, -0.05) is 25.2 Å². The molecule has 136 valence electrons. The number of nitrogens with zero attached hydrogens (tertiary/aromatic N) is 3. The molecule has 1 N–H and O–H groups in total. The second-order valence-electron chi connectivity index (χ2n) is 5.66. The Hall–Kier alpha value is -2.52. The van der Waals surface area contributed by atoms with E-state index in [-0.39, 0.29) is 11.8 Å². The third-order valence-electron chi connectivity index (χ3n) is 3.52. The van der Waals surface area contributed by atoms with Crippen molar-refractivity contribution < 1.29 is 14.3 Å². The van der Waals surface area contributed by atoms with Crippen LogP contribution in [0.15, 0.2) is 23.6 Å². The van der Waals surface area contributed by atoms with Crippen LogP contribution in [0.1, 0.15) is 35.3 Å². The fourth-order valence-corrected chi connectivity index (χ4v) is 3.70. The molecule has 0 unspecified atom stereocenters. The van der Waals surface area contributed by atoms with Crippen LogP contribution in [-0.2, 0) is 0 Å². The van der Waals surface area contributed by atoms with Gasteiger partial charge in [0, 0.05) is 16.9 Å². The summed E-state index contributed by atoms with van der Waals surface area (Å²) in [4.78, 5) is 16.8. The van der Waals surface area contributed by atoms with Crippen molar-refractivity contribution in [2.45, 2.75) is 19.8 Å². The van der Waals surface area contributed by atoms with Crippen molar-refractivity contribution in [3.05, 3.63) is 34.3 Å². The Balaban J connectivity index is 1.77. The molecule has 7 nitrogen and oxygen atoms in total. The number of aromatic nitrogens is 3. The minimum Gasteiger partial charge on any atom is -0.493 e. The quantitative estimate of drug-likeness (QED) is 0.683. The Bertz CT molecular complexity index is 920. The second kappa shape index (κ2) is 7.79. The molecular weight excluding hydrogens is 372 g/mol. The third-order valence-corrected chi connectivity index (χ3v) is 5.55. The number of benzene rings is 1. The molecule has 26 heavy (non-hydrogen) atoms. The van der Waals surface area contributed by atoms with Crippen LogP contribution in [-0.4, -0.2) is 35.3 Å². The first-order chi connectivity index (χ1) is 12.5. The number of rotatable bonds is 6. The molecule has 0 aliphatic carbocycles. The first kappa shape index (κ1) is 18.3. The Morgan fingerprint density at radius 1 is 1.15 bits per heavy atom. The van der Waals surface area contributed by atoms with Crippen LogP contribution >= 0.6 is 22.7 Å². The summed E-state index contributed by atoms with van der Waals surface area (Å²) < 4.78 is 10.5. The normalized spacial score (nSPS) is 10.8. The molecule has 0 aliphatic rings. The van der Waals surface area contributed by atoms with Crippen LogP contribution in [0.25, 0.3) is 10.6 Å². The molecule has 3 rings (SSSR count). The van der Waals surface area contributed by atoms with E-state index in [0.29, 0.717) is 22.3 Å². The number of carbonyl (C=O) groups excluding carboxylic acids is 1. The SMILES string of the molecule is COc1ccc(-c2nc(C(=O)Nc3nnc(C(C)C)s3)cs2)cc1OC. The van der Waals surface area contributed by atoms with Crippen molar-refractivity contribution in [1.82, 2.24) is 15.2 Å². The molecule has 0 aliphatic heterocycles. The molecule has 0 fully saturated rings. The van der Waals surface area contributed by atoms with E-state index in [0.717, 1.165) is 15.6 Å². The highest BCUT2D eigenvalue weighted by Gasteiger charge is 2.16. The molecule has 0 spiro atoms. The van der Waals surface area contributed by atoms with Gasteiger partial charge in [-0.25, -0.2) is 4.98 Å². The first-order valence-electron chi connectivity index (χ1n) is 7.84. The Labute approximate surface area is 159 Å². The summed E-state index contributed by atoms with van der Waals surface area (Å²) in [5, 5.41) is 14.6. The van der Waals surface area contributed by atoms with E-state index >= 15 is 0 Å². The minimum absolute atomic E-state index is 0.272. The number of hydrogen-bond donors (Lipinski definition) is 1. The van der Waals surface area contributed by atoms with E-state index in [2.05, 4.69) is 20.5 Å². The number of carbonyl (C=O) groups is 1. The van der Waals surface area contributed by atoms with Crippen molar-refractivity contribution in [2.24, 2.45) is 0 Å². The van der Waals surface area contributed by atoms with Gasteiger partial charge in [-0.15, -0.1) is 21.5 Å². The fourth-order valence-electron chi connectivity index (χ4n) is 2.16. The number of ether oxygens (including phenoxy) is 2. The zero-order valence-corrected chi connectivity index (χ0v) is 16.4. The average Bonchev–Trinajstić information content (AvgIpc) is 3.30. The highest BCUT2D eigenvalue weighted by molar-refractivity contribution is 7.15. The maximum absolute atomic E-state index is 12.4. The number of amides is 1. The lowest BCUT2D eigenvalue weighted by Gasteiger charge is -2.08. The molecule has 0 saturated heterocycles. The second-order valence-corrected chi connectivity index (χ2v) is 7.53. The number of nitrogens with one attached hydrogen (secondary N) is 1. The smallest absolute Gasteiger partial charge is 0.276 e. The van der Waals surface area contributed by atoms with Crippen LogP contribution in [0, 0.1) is 0 Å². The van der Waals surface area contributed by atoms with E-state index < -0.39 is 0 Å². The monoisotopic (exact) mass is 390 g/mol. The van der Waals surface area contributed by atoms with Crippen LogP contribution in [0.2, 0.25) is 0 Å². The largest absolute Gasteiger partial charge is 0.493 e. The lowest BCUT2D eigenvalue weighted by Crippen LogP contribution is -2.12. The molecule has 2 aromatic heterocycles. The zero-order valence-electron chi connectivity index (χ0n) is 14.8. The van der Waals surface area contributed by atoms with Crippen LogP contribution in [0.3, 0.4) is 0 Å². The number of anilines is 1. The van der Waals surface area contributed by atoms with Gasteiger partial charge in [0.05, 0.1) is 14.2 Å². The molecule has 0 radical (unpaired) electrons. The van der Waals surface area contributed by atoms with Crippen LogP contribution in [0.5, 0.6) is 11.5 Å². The zero-order chi connectivity index (χ0) is 18.7. The Kier molecular flexibility index (Phi) is 5.48. The van der Waals surface area contributed by atoms with E-state index in [1.54, 1.807) is 19.6 Å². The van der Waals surface area contributed by atoms with Gasteiger partial charge in [0.25, 0.3) is 5.91 Å². The van der Waals surface area contributed by atoms with Crippen molar-refractivity contribution in [1.29, 1.82) is 0 Å². The number of thiazole rings is 1. The van der Waals surface area contributed by atoms with Crippen LogP contribution < -0.4 is 14.8 Å². The van der Waals surface area contributed by atoms with E-state index in [4.69, 9.17) is 9.47 Å². The molecule has 2 heterocycles. The maximum atomic E-state index is 12.4. The summed E-state index contributed by atoms with van der Waals surface area (Å²) in [5.41, 5.74) is 1.19. The highest BCUT2D eigenvalue weighted by atomic mass is 32.1. The minimum atomic E-state index is -0.306. The predicted molar refractivity (Wildman–Crippen MR) is 103 cm³/mol. The Morgan fingerprint density at radius 2 is 1.92 bits per heavy atom. The van der Waals surface area contributed by atoms with E-state index in [1.807, 2.05) is 32.0 Å². The molecule has 0 saturated carbocycles. The molecule has 9 heteroatoms. The molecule has 1 aromatic carbocycles. The van der Waals surface area contributed by atoms with E-state index in [9.17, 15) is 4.79 Å². The highest BCUT2D eigenvalue weighted by Crippen LogP contribution is 2.33. The van der Waals surface area contributed by atoms with Gasteiger partial charge in [-0.05, 0) is 18.2 Å². The topological polar surface area (TPSA) is 86.2 Å². The van der Waals surface area contributed by atoms with E-state index in [1.165, 1.54) is 22.7 Å². The van der Waals surface area contributed by atoms with Gasteiger partial charge in [0.2, 0.25) is 5.13 Å². The molecular formula is C17H18N4O3S2. The summed E-state index contributed by atoms with van der Waals surface area (Å²) in [7, 11) is 3.16.